The van der Waals surface area contributed by atoms with E-state index in [9.17, 15) is 5.11 Å². The van der Waals surface area contributed by atoms with Gasteiger partial charge in [-0.05, 0) is 31.0 Å². The van der Waals surface area contributed by atoms with E-state index in [2.05, 4.69) is 10.1 Å². The Morgan fingerprint density at radius 2 is 2.12 bits per heavy atom. The third-order valence-corrected chi connectivity index (χ3v) is 5.53. The normalized spacial score (nSPS) is 21.4. The van der Waals surface area contributed by atoms with Crippen LogP contribution in [0.5, 0.6) is 0 Å². The number of anilines is 1. The van der Waals surface area contributed by atoms with Gasteiger partial charge in [0, 0.05) is 12.0 Å². The Bertz CT molecular complexity index is 871. The highest BCUT2D eigenvalue weighted by molar-refractivity contribution is 7.22. The summed E-state index contributed by atoms with van der Waals surface area (Å²) in [5, 5.41) is 15.7. The Morgan fingerprint density at radius 3 is 2.92 bits per heavy atom. The van der Waals surface area contributed by atoms with Crippen LogP contribution in [0.4, 0.5) is 5.13 Å². The van der Waals surface area contributed by atoms with E-state index in [0.29, 0.717) is 5.13 Å². The lowest BCUT2D eigenvalue weighted by Gasteiger charge is -2.28. The number of rotatable bonds is 3. The molecule has 0 spiro atoms. The van der Waals surface area contributed by atoms with Gasteiger partial charge in [-0.15, -0.1) is 0 Å². The fourth-order valence-electron chi connectivity index (χ4n) is 3.41. The van der Waals surface area contributed by atoms with E-state index in [4.69, 9.17) is 10.7 Å². The van der Waals surface area contributed by atoms with Crippen molar-refractivity contribution in [3.63, 3.8) is 0 Å². The van der Waals surface area contributed by atoms with E-state index < -0.39 is 0 Å². The molecule has 6 nitrogen and oxygen atoms in total. The van der Waals surface area contributed by atoms with Crippen LogP contribution < -0.4 is 5.73 Å². The maximum Gasteiger partial charge on any atom is 0.181 e. The van der Waals surface area contributed by atoms with Crippen LogP contribution in [0.2, 0.25) is 0 Å². The van der Waals surface area contributed by atoms with Crippen LogP contribution in [0.3, 0.4) is 0 Å². The predicted octanol–water partition coefficient (Wildman–Crippen LogP) is 3.18. The Labute approximate surface area is 144 Å². The van der Waals surface area contributed by atoms with Gasteiger partial charge in [-0.2, -0.15) is 5.10 Å². The number of nitrogens with two attached hydrogens (primary N) is 1. The predicted molar refractivity (Wildman–Crippen MR) is 95.9 cm³/mol. The summed E-state index contributed by atoms with van der Waals surface area (Å²) in [5.74, 6) is 1.62. The average molecular weight is 343 g/mol. The number of aromatic nitrogens is 4. The standard InChI is InChI=1S/C17H21N5OS/c1-2-15-20-16(22(21-15)12-5-3-4-6-13(12)23)10-7-8-14-11(9-10)19-17(18)24-14/h7-9,12-13,23H,2-6H2,1H3,(H2,18,19)/t12-,13-/m1/s1. The molecule has 126 valence electrons. The van der Waals surface area contributed by atoms with E-state index in [1.54, 1.807) is 0 Å². The third kappa shape index (κ3) is 2.67. The van der Waals surface area contributed by atoms with E-state index in [0.717, 1.165) is 59.5 Å². The maximum absolute atomic E-state index is 10.4. The molecular formula is C17H21N5OS. The first-order valence-electron chi connectivity index (χ1n) is 8.45. The number of nitrogens with zero attached hydrogens (tertiary/aromatic N) is 4. The molecule has 24 heavy (non-hydrogen) atoms. The van der Waals surface area contributed by atoms with Crippen molar-refractivity contribution in [1.82, 2.24) is 19.7 Å². The van der Waals surface area contributed by atoms with Crippen molar-refractivity contribution < 1.29 is 5.11 Å². The van der Waals surface area contributed by atoms with Crippen LogP contribution in [-0.4, -0.2) is 31.0 Å². The first-order chi connectivity index (χ1) is 11.7. The van der Waals surface area contributed by atoms with Crippen molar-refractivity contribution in [1.29, 1.82) is 0 Å². The number of fused-ring (bicyclic) bond motifs is 1. The lowest BCUT2D eigenvalue weighted by molar-refractivity contribution is 0.0700. The van der Waals surface area contributed by atoms with E-state index in [1.165, 1.54) is 11.3 Å². The van der Waals surface area contributed by atoms with Gasteiger partial charge in [0.05, 0.1) is 22.4 Å². The molecule has 2 heterocycles. The van der Waals surface area contributed by atoms with Crippen LogP contribution in [0, 0.1) is 0 Å². The van der Waals surface area contributed by atoms with E-state index in [-0.39, 0.29) is 12.1 Å². The van der Waals surface area contributed by atoms with Crippen LogP contribution in [-0.2, 0) is 6.42 Å². The van der Waals surface area contributed by atoms with Gasteiger partial charge in [-0.3, -0.25) is 0 Å². The Hall–Kier alpha value is -1.99. The zero-order chi connectivity index (χ0) is 16.7. The number of hydrogen-bond donors (Lipinski definition) is 2. The summed E-state index contributed by atoms with van der Waals surface area (Å²) in [4.78, 5) is 9.08. The number of aryl methyl sites for hydroxylation is 1. The molecule has 2 atom stereocenters. The lowest BCUT2D eigenvalue weighted by Crippen LogP contribution is -2.29. The van der Waals surface area contributed by atoms with Crippen LogP contribution >= 0.6 is 11.3 Å². The summed E-state index contributed by atoms with van der Waals surface area (Å²) in [6, 6.07) is 6.07. The molecule has 0 amide bonds. The third-order valence-electron chi connectivity index (χ3n) is 4.66. The topological polar surface area (TPSA) is 89.8 Å². The molecule has 7 heteroatoms. The number of aliphatic hydroxyl groups is 1. The van der Waals surface area contributed by atoms with Gasteiger partial charge in [0.25, 0.3) is 0 Å². The minimum Gasteiger partial charge on any atom is -0.391 e. The quantitative estimate of drug-likeness (QED) is 0.762. The molecule has 4 rings (SSSR count). The first kappa shape index (κ1) is 15.5. The summed E-state index contributed by atoms with van der Waals surface area (Å²) in [5.41, 5.74) is 7.66. The molecule has 3 N–H and O–H groups in total. The molecule has 1 aromatic carbocycles. The van der Waals surface area contributed by atoms with Crippen LogP contribution in [0.15, 0.2) is 18.2 Å². The smallest absolute Gasteiger partial charge is 0.181 e. The molecule has 1 aliphatic carbocycles. The molecule has 1 fully saturated rings. The molecular weight excluding hydrogens is 322 g/mol. The van der Waals surface area contributed by atoms with Gasteiger partial charge in [0.2, 0.25) is 0 Å². The number of aliphatic hydroxyl groups excluding tert-OH is 1. The zero-order valence-electron chi connectivity index (χ0n) is 13.6. The van der Waals surface area contributed by atoms with E-state index in [1.807, 2.05) is 29.8 Å². The highest BCUT2D eigenvalue weighted by atomic mass is 32.1. The Morgan fingerprint density at radius 1 is 1.29 bits per heavy atom. The fourth-order valence-corrected chi connectivity index (χ4v) is 4.12. The van der Waals surface area contributed by atoms with Gasteiger partial charge < -0.3 is 10.8 Å². The Kier molecular flexibility index (Phi) is 3.97. The van der Waals surface area contributed by atoms with Crippen molar-refractivity contribution in [3.05, 3.63) is 24.0 Å². The highest BCUT2D eigenvalue weighted by Crippen LogP contribution is 2.33. The molecule has 1 saturated carbocycles. The first-order valence-corrected chi connectivity index (χ1v) is 9.27. The number of benzene rings is 1. The highest BCUT2D eigenvalue weighted by Gasteiger charge is 2.28. The van der Waals surface area contributed by atoms with Gasteiger partial charge >= 0.3 is 0 Å². The molecule has 0 saturated heterocycles. The second-order valence-electron chi connectivity index (χ2n) is 6.30. The molecule has 0 bridgehead atoms. The van der Waals surface area contributed by atoms with Gasteiger partial charge in [-0.25, -0.2) is 14.6 Å². The monoisotopic (exact) mass is 343 g/mol. The SMILES string of the molecule is CCc1nc(-c2ccc3sc(N)nc3c2)n([C@@H]2CCCC[C@H]2O)n1. The number of nitrogen functional groups attached to an aromatic ring is 1. The van der Waals surface area contributed by atoms with Crippen molar-refractivity contribution in [2.24, 2.45) is 0 Å². The summed E-state index contributed by atoms with van der Waals surface area (Å²) in [6.07, 6.45) is 4.37. The molecule has 0 unspecified atom stereocenters. The van der Waals surface area contributed by atoms with Crippen molar-refractivity contribution in [2.75, 3.05) is 5.73 Å². The van der Waals surface area contributed by atoms with Crippen molar-refractivity contribution in [3.8, 4) is 11.4 Å². The molecule has 0 radical (unpaired) electrons. The van der Waals surface area contributed by atoms with Gasteiger partial charge in [0.15, 0.2) is 16.8 Å². The summed E-state index contributed by atoms with van der Waals surface area (Å²) in [6.45, 7) is 2.05. The summed E-state index contributed by atoms with van der Waals surface area (Å²) < 4.78 is 3.00. The van der Waals surface area contributed by atoms with Gasteiger partial charge in [0.1, 0.15) is 0 Å². The van der Waals surface area contributed by atoms with Gasteiger partial charge in [-0.1, -0.05) is 31.1 Å². The minimum absolute atomic E-state index is 0.00208. The lowest BCUT2D eigenvalue weighted by atomic mass is 9.92. The summed E-state index contributed by atoms with van der Waals surface area (Å²) >= 11 is 1.48. The summed E-state index contributed by atoms with van der Waals surface area (Å²) in [7, 11) is 0. The van der Waals surface area contributed by atoms with Crippen LogP contribution in [0.25, 0.3) is 21.6 Å². The largest absolute Gasteiger partial charge is 0.391 e. The minimum atomic E-state index is -0.359. The maximum atomic E-state index is 10.4. The second-order valence-corrected chi connectivity index (χ2v) is 7.37. The fraction of sp³-hybridized carbons (Fsp3) is 0.471. The van der Waals surface area contributed by atoms with E-state index >= 15 is 0 Å². The number of thiazole rings is 1. The molecule has 2 aromatic heterocycles. The Balaban J connectivity index is 1.81. The second kappa shape index (κ2) is 6.14. The van der Waals surface area contributed by atoms with Crippen molar-refractivity contribution in [2.45, 2.75) is 51.2 Å². The zero-order valence-corrected chi connectivity index (χ0v) is 14.5. The van der Waals surface area contributed by atoms with Crippen molar-refractivity contribution >= 4 is 26.7 Å². The molecule has 3 aromatic rings. The average Bonchev–Trinajstić information content (AvgIpc) is 3.16. The van der Waals surface area contributed by atoms with Crippen LogP contribution in [0.1, 0.15) is 44.5 Å². The molecule has 1 aliphatic rings. The number of hydrogen-bond acceptors (Lipinski definition) is 6. The molecule has 0 aliphatic heterocycles.